The van der Waals surface area contributed by atoms with Crippen molar-refractivity contribution in [1.29, 1.82) is 0 Å². The lowest BCUT2D eigenvalue weighted by atomic mass is 10.4. The van der Waals surface area contributed by atoms with Crippen molar-refractivity contribution in [2.24, 2.45) is 7.05 Å². The molecule has 0 amide bonds. The molecule has 1 N–H and O–H groups in total. The van der Waals surface area contributed by atoms with Crippen LogP contribution in [0.4, 0.5) is 5.82 Å². The van der Waals surface area contributed by atoms with Crippen LogP contribution < -0.4 is 9.62 Å². The van der Waals surface area contributed by atoms with E-state index in [9.17, 15) is 8.42 Å². The van der Waals surface area contributed by atoms with Crippen LogP contribution in [0, 0.1) is 6.92 Å². The van der Waals surface area contributed by atoms with Gasteiger partial charge in [-0.25, -0.2) is 28.1 Å². The van der Waals surface area contributed by atoms with E-state index in [1.165, 1.54) is 6.20 Å². The summed E-state index contributed by atoms with van der Waals surface area (Å²) < 4.78 is 28.7. The summed E-state index contributed by atoms with van der Waals surface area (Å²) in [5.41, 5.74) is 0. The Kier molecular flexibility index (Phi) is 4.31. The zero-order valence-electron chi connectivity index (χ0n) is 13.2. The second kappa shape index (κ2) is 6.25. The van der Waals surface area contributed by atoms with Gasteiger partial charge in [0, 0.05) is 32.5 Å². The summed E-state index contributed by atoms with van der Waals surface area (Å²) in [7, 11) is -1.91. The van der Waals surface area contributed by atoms with Crippen molar-refractivity contribution in [2.75, 3.05) is 18.0 Å². The number of nitrogens with zero attached hydrogens (tertiary/aromatic N) is 5. The molecule has 3 heterocycles. The van der Waals surface area contributed by atoms with Gasteiger partial charge in [0.2, 0.25) is 0 Å². The molecular formula is C14H20N6O2S. The molecule has 1 aliphatic rings. The first-order valence-corrected chi connectivity index (χ1v) is 9.00. The largest absolute Gasteiger partial charge is 0.357 e. The fourth-order valence-corrected chi connectivity index (χ4v) is 3.50. The van der Waals surface area contributed by atoms with E-state index in [1.54, 1.807) is 24.7 Å². The van der Waals surface area contributed by atoms with Crippen molar-refractivity contribution in [2.45, 2.75) is 31.3 Å². The molecule has 0 spiro atoms. The normalized spacial score (nSPS) is 15.3. The molecule has 9 heteroatoms. The molecule has 0 aliphatic carbocycles. The van der Waals surface area contributed by atoms with Gasteiger partial charge in [0.1, 0.15) is 17.5 Å². The Morgan fingerprint density at radius 1 is 1.26 bits per heavy atom. The summed E-state index contributed by atoms with van der Waals surface area (Å²) in [6, 6.07) is 1.85. The molecule has 0 unspecified atom stereocenters. The molecule has 0 radical (unpaired) electrons. The summed E-state index contributed by atoms with van der Waals surface area (Å²) in [6.45, 7) is 3.76. The monoisotopic (exact) mass is 336 g/mol. The topological polar surface area (TPSA) is 93.0 Å². The molecule has 3 rings (SSSR count). The number of imidazole rings is 1. The maximum Gasteiger partial charge on any atom is 0.259 e. The number of aryl methyl sites for hydroxylation is 2. The van der Waals surface area contributed by atoms with E-state index in [4.69, 9.17) is 0 Å². The summed E-state index contributed by atoms with van der Waals surface area (Å²) in [6.07, 6.45) is 5.46. The van der Waals surface area contributed by atoms with Gasteiger partial charge < -0.3 is 9.47 Å². The minimum absolute atomic E-state index is 0.00759. The van der Waals surface area contributed by atoms with Crippen LogP contribution in [0.2, 0.25) is 0 Å². The van der Waals surface area contributed by atoms with E-state index in [1.807, 2.05) is 6.07 Å². The number of nitrogens with one attached hydrogen (secondary N) is 1. The van der Waals surface area contributed by atoms with Gasteiger partial charge in [-0.1, -0.05) is 0 Å². The standard InChI is InChI=1S/C14H20N6O2S/c1-11-17-14(10-19(11)2)23(21,22)16-9-12-15-6-5-13(18-12)20-7-3-4-8-20/h5-6,10,16H,3-4,7-9H2,1-2H3. The molecule has 1 aliphatic heterocycles. The number of hydrogen-bond donors (Lipinski definition) is 1. The molecule has 2 aromatic heterocycles. The third kappa shape index (κ3) is 3.50. The van der Waals surface area contributed by atoms with Crippen LogP contribution >= 0.6 is 0 Å². The van der Waals surface area contributed by atoms with E-state index < -0.39 is 10.0 Å². The average Bonchev–Trinajstić information content (AvgIpc) is 3.17. The Bertz CT molecular complexity index is 776. The molecule has 124 valence electrons. The van der Waals surface area contributed by atoms with Crippen molar-refractivity contribution in [3.05, 3.63) is 30.1 Å². The van der Waals surface area contributed by atoms with Gasteiger partial charge in [0.05, 0.1) is 6.54 Å². The fourth-order valence-electron chi connectivity index (χ4n) is 2.49. The first-order valence-electron chi connectivity index (χ1n) is 7.52. The predicted molar refractivity (Wildman–Crippen MR) is 85.4 cm³/mol. The minimum Gasteiger partial charge on any atom is -0.357 e. The first-order chi connectivity index (χ1) is 11.0. The van der Waals surface area contributed by atoms with Crippen molar-refractivity contribution >= 4 is 15.8 Å². The molecule has 0 bridgehead atoms. The highest BCUT2D eigenvalue weighted by Crippen LogP contribution is 2.17. The lowest BCUT2D eigenvalue weighted by Gasteiger charge is -2.16. The van der Waals surface area contributed by atoms with Crippen LogP contribution in [-0.2, 0) is 23.6 Å². The third-order valence-electron chi connectivity index (χ3n) is 3.90. The lowest BCUT2D eigenvalue weighted by molar-refractivity contribution is 0.575. The van der Waals surface area contributed by atoms with Crippen LogP contribution in [0.5, 0.6) is 0 Å². The maximum atomic E-state index is 12.3. The molecule has 8 nitrogen and oxygen atoms in total. The van der Waals surface area contributed by atoms with Gasteiger partial charge in [-0.2, -0.15) is 0 Å². The average molecular weight is 336 g/mol. The molecule has 2 aromatic rings. The lowest BCUT2D eigenvalue weighted by Crippen LogP contribution is -2.25. The van der Waals surface area contributed by atoms with Crippen LogP contribution in [0.25, 0.3) is 0 Å². The Balaban J connectivity index is 1.71. The van der Waals surface area contributed by atoms with E-state index in [-0.39, 0.29) is 11.6 Å². The van der Waals surface area contributed by atoms with E-state index in [0.29, 0.717) is 11.6 Å². The van der Waals surface area contributed by atoms with Crippen molar-refractivity contribution in [3.8, 4) is 0 Å². The van der Waals surface area contributed by atoms with Crippen LogP contribution in [0.3, 0.4) is 0 Å². The third-order valence-corrected chi connectivity index (χ3v) is 5.17. The quantitative estimate of drug-likeness (QED) is 0.859. The number of anilines is 1. The highest BCUT2D eigenvalue weighted by molar-refractivity contribution is 7.89. The zero-order valence-corrected chi connectivity index (χ0v) is 14.0. The van der Waals surface area contributed by atoms with Crippen LogP contribution in [0.15, 0.2) is 23.5 Å². The highest BCUT2D eigenvalue weighted by atomic mass is 32.2. The van der Waals surface area contributed by atoms with Gasteiger partial charge >= 0.3 is 0 Å². The van der Waals surface area contributed by atoms with Gasteiger partial charge in [0.25, 0.3) is 10.0 Å². The Labute approximate surface area is 135 Å². The Hall–Kier alpha value is -2.00. The Morgan fingerprint density at radius 3 is 2.65 bits per heavy atom. The molecule has 1 fully saturated rings. The number of hydrogen-bond acceptors (Lipinski definition) is 6. The predicted octanol–water partition coefficient (Wildman–Crippen LogP) is 0.597. The number of rotatable bonds is 5. The fraction of sp³-hybridized carbons (Fsp3) is 0.500. The minimum atomic E-state index is -3.67. The van der Waals surface area contributed by atoms with Crippen LogP contribution in [0.1, 0.15) is 24.5 Å². The maximum absolute atomic E-state index is 12.3. The summed E-state index contributed by atoms with van der Waals surface area (Å²) in [5.74, 6) is 1.93. The van der Waals surface area contributed by atoms with E-state index >= 15 is 0 Å². The van der Waals surface area contributed by atoms with E-state index in [2.05, 4.69) is 24.6 Å². The highest BCUT2D eigenvalue weighted by Gasteiger charge is 2.19. The molecular weight excluding hydrogens is 316 g/mol. The molecule has 0 aromatic carbocycles. The molecule has 1 saturated heterocycles. The number of aromatic nitrogens is 4. The smallest absolute Gasteiger partial charge is 0.259 e. The molecule has 23 heavy (non-hydrogen) atoms. The van der Waals surface area contributed by atoms with Crippen molar-refractivity contribution in [3.63, 3.8) is 0 Å². The van der Waals surface area contributed by atoms with E-state index in [0.717, 1.165) is 31.7 Å². The summed E-state index contributed by atoms with van der Waals surface area (Å²) in [4.78, 5) is 14.8. The van der Waals surface area contributed by atoms with Crippen molar-refractivity contribution < 1.29 is 8.42 Å². The van der Waals surface area contributed by atoms with Gasteiger partial charge in [-0.15, -0.1) is 0 Å². The Morgan fingerprint density at radius 2 is 2.00 bits per heavy atom. The van der Waals surface area contributed by atoms with Gasteiger partial charge in [0.15, 0.2) is 5.03 Å². The molecule has 0 saturated carbocycles. The van der Waals surface area contributed by atoms with Gasteiger partial charge in [-0.05, 0) is 25.8 Å². The first kappa shape index (κ1) is 15.9. The molecule has 0 atom stereocenters. The van der Waals surface area contributed by atoms with Crippen molar-refractivity contribution in [1.82, 2.24) is 24.2 Å². The second-order valence-electron chi connectivity index (χ2n) is 5.59. The number of sulfonamides is 1. The zero-order chi connectivity index (χ0) is 16.4. The summed E-state index contributed by atoms with van der Waals surface area (Å²) in [5, 5.41) is 0.00759. The van der Waals surface area contributed by atoms with Crippen LogP contribution in [-0.4, -0.2) is 41.0 Å². The second-order valence-corrected chi connectivity index (χ2v) is 7.30. The SMILES string of the molecule is Cc1nc(S(=O)(=O)NCc2nccc(N3CCCC3)n2)cn1C. The van der Waals surface area contributed by atoms with Gasteiger partial charge in [-0.3, -0.25) is 0 Å². The summed E-state index contributed by atoms with van der Waals surface area (Å²) >= 11 is 0.